The molecule has 0 bridgehead atoms. The number of carbonyl (C=O) groups is 1. The minimum Gasteiger partial charge on any atom is -0.494 e. The van der Waals surface area contributed by atoms with E-state index in [-0.39, 0.29) is 5.57 Å². The number of carboxylic acid groups (broad SMARTS) is 1. The molecule has 2 aromatic carbocycles. The number of hydrogen-bond donors (Lipinski definition) is 1. The van der Waals surface area contributed by atoms with Gasteiger partial charge in [0.05, 0.1) is 23.8 Å². The second-order valence-corrected chi connectivity index (χ2v) is 5.35. The van der Waals surface area contributed by atoms with Crippen molar-refractivity contribution in [2.24, 2.45) is 0 Å². The van der Waals surface area contributed by atoms with Crippen LogP contribution in [0.5, 0.6) is 11.5 Å². The molecule has 0 aliphatic rings. The Bertz CT molecular complexity index is 753. The molecule has 0 spiro atoms. The van der Waals surface area contributed by atoms with E-state index in [4.69, 9.17) is 21.1 Å². The highest BCUT2D eigenvalue weighted by molar-refractivity contribution is 6.32. The Hall–Kier alpha value is -2.46. The van der Waals surface area contributed by atoms with Crippen LogP contribution in [0.2, 0.25) is 5.02 Å². The summed E-state index contributed by atoms with van der Waals surface area (Å²) in [5.41, 5.74) is 1.41. The van der Waals surface area contributed by atoms with E-state index in [0.717, 1.165) is 0 Å². The highest BCUT2D eigenvalue weighted by Gasteiger charge is 2.12. The number of ether oxygens (including phenoxy) is 2. The molecule has 0 amide bonds. The third-order valence-corrected chi connectivity index (χ3v) is 3.55. The van der Waals surface area contributed by atoms with Crippen LogP contribution in [0.4, 0.5) is 0 Å². The first-order valence-corrected chi connectivity index (χ1v) is 8.03. The molecule has 0 unspecified atom stereocenters. The van der Waals surface area contributed by atoms with Gasteiger partial charge in [-0.2, -0.15) is 0 Å². The van der Waals surface area contributed by atoms with Gasteiger partial charge in [-0.15, -0.1) is 0 Å². The zero-order valence-electron chi connectivity index (χ0n) is 13.6. The van der Waals surface area contributed by atoms with E-state index >= 15 is 0 Å². The molecule has 0 radical (unpaired) electrons. The fraction of sp³-hybridized carbons (Fsp3) is 0.211. The zero-order chi connectivity index (χ0) is 17.5. The van der Waals surface area contributed by atoms with Crippen molar-refractivity contribution in [1.29, 1.82) is 0 Å². The van der Waals surface area contributed by atoms with Crippen molar-refractivity contribution in [2.75, 3.05) is 13.2 Å². The summed E-state index contributed by atoms with van der Waals surface area (Å²) in [5, 5.41) is 9.99. The van der Waals surface area contributed by atoms with Crippen LogP contribution >= 0.6 is 11.6 Å². The van der Waals surface area contributed by atoms with Gasteiger partial charge >= 0.3 is 5.97 Å². The normalized spacial score (nSPS) is 11.2. The van der Waals surface area contributed by atoms with E-state index in [9.17, 15) is 9.90 Å². The molecule has 1 N–H and O–H groups in total. The monoisotopic (exact) mass is 346 g/mol. The average molecular weight is 347 g/mol. The Labute approximate surface area is 146 Å². The number of hydrogen-bond acceptors (Lipinski definition) is 3. The highest BCUT2D eigenvalue weighted by atomic mass is 35.5. The van der Waals surface area contributed by atoms with Crippen molar-refractivity contribution < 1.29 is 19.4 Å². The van der Waals surface area contributed by atoms with Crippen LogP contribution in [0.1, 0.15) is 25.0 Å². The van der Waals surface area contributed by atoms with Crippen LogP contribution in [0, 0.1) is 0 Å². The minimum atomic E-state index is -1.02. The van der Waals surface area contributed by atoms with Gasteiger partial charge < -0.3 is 14.6 Å². The molecule has 2 rings (SSSR count). The lowest BCUT2D eigenvalue weighted by Crippen LogP contribution is -2.01. The molecule has 5 heteroatoms. The first-order valence-electron chi connectivity index (χ1n) is 7.65. The van der Waals surface area contributed by atoms with Gasteiger partial charge in [0.25, 0.3) is 0 Å². The Balaban J connectivity index is 2.40. The van der Waals surface area contributed by atoms with Gasteiger partial charge in [0.2, 0.25) is 0 Å². The highest BCUT2D eigenvalue weighted by Crippen LogP contribution is 2.28. The van der Waals surface area contributed by atoms with Gasteiger partial charge in [-0.25, -0.2) is 4.79 Å². The molecule has 0 aliphatic carbocycles. The summed E-state index contributed by atoms with van der Waals surface area (Å²) in [5.74, 6) is 0.187. The van der Waals surface area contributed by atoms with Crippen LogP contribution in [-0.4, -0.2) is 24.3 Å². The minimum absolute atomic E-state index is 0.164. The molecular weight excluding hydrogens is 328 g/mol. The van der Waals surface area contributed by atoms with Crippen molar-refractivity contribution in [2.45, 2.75) is 13.8 Å². The van der Waals surface area contributed by atoms with Crippen LogP contribution in [0.25, 0.3) is 11.6 Å². The second-order valence-electron chi connectivity index (χ2n) is 4.95. The maximum atomic E-state index is 11.7. The molecule has 2 aromatic rings. The summed E-state index contributed by atoms with van der Waals surface area (Å²) < 4.78 is 10.8. The molecule has 0 fully saturated rings. The van der Waals surface area contributed by atoms with Gasteiger partial charge in [0.15, 0.2) is 0 Å². The molecule has 0 aliphatic heterocycles. The number of rotatable bonds is 7. The fourth-order valence-electron chi connectivity index (χ4n) is 2.23. The smallest absolute Gasteiger partial charge is 0.336 e. The van der Waals surface area contributed by atoms with Gasteiger partial charge in [0.1, 0.15) is 11.5 Å². The maximum absolute atomic E-state index is 11.7. The number of aliphatic carboxylic acids is 1. The summed E-state index contributed by atoms with van der Waals surface area (Å²) in [6.07, 6.45) is 1.58. The fourth-order valence-corrected chi connectivity index (χ4v) is 2.48. The van der Waals surface area contributed by atoms with Gasteiger partial charge in [0, 0.05) is 0 Å². The molecule has 0 aromatic heterocycles. The SMILES string of the molecule is CCOc1cccc(/C(=C/c2ccc(OCC)c(Cl)c2)C(=O)O)c1. The standard InChI is InChI=1S/C19H19ClO4/c1-3-23-15-7-5-6-14(12-15)16(19(21)22)10-13-8-9-18(24-4-2)17(20)11-13/h5-12H,3-4H2,1-2H3,(H,21,22)/b16-10-. The third kappa shape index (κ3) is 4.52. The van der Waals surface area contributed by atoms with Gasteiger partial charge in [-0.1, -0.05) is 29.8 Å². The first-order chi connectivity index (χ1) is 11.5. The number of benzene rings is 2. The van der Waals surface area contributed by atoms with Crippen LogP contribution in [-0.2, 0) is 4.79 Å². The molecule has 0 saturated carbocycles. The Kier molecular flexibility index (Phi) is 6.27. The van der Waals surface area contributed by atoms with Crippen LogP contribution in [0.3, 0.4) is 0 Å². The summed E-state index contributed by atoms with van der Waals surface area (Å²) in [4.78, 5) is 11.7. The van der Waals surface area contributed by atoms with E-state index in [2.05, 4.69) is 0 Å². The summed E-state index contributed by atoms with van der Waals surface area (Å²) in [6.45, 7) is 4.78. The van der Waals surface area contributed by atoms with Crippen LogP contribution in [0.15, 0.2) is 42.5 Å². The Morgan fingerprint density at radius 1 is 1.12 bits per heavy atom. The van der Waals surface area contributed by atoms with Crippen molar-refractivity contribution in [1.82, 2.24) is 0 Å². The molecule has 0 atom stereocenters. The van der Waals surface area contributed by atoms with Crippen molar-refractivity contribution >= 4 is 29.2 Å². The quantitative estimate of drug-likeness (QED) is 0.580. The van der Waals surface area contributed by atoms with E-state index < -0.39 is 5.97 Å². The molecule has 24 heavy (non-hydrogen) atoms. The lowest BCUT2D eigenvalue weighted by atomic mass is 10.0. The molecule has 126 valence electrons. The van der Waals surface area contributed by atoms with E-state index in [0.29, 0.717) is 40.9 Å². The zero-order valence-corrected chi connectivity index (χ0v) is 14.3. The lowest BCUT2D eigenvalue weighted by molar-refractivity contribution is -0.130. The lowest BCUT2D eigenvalue weighted by Gasteiger charge is -2.08. The predicted molar refractivity (Wildman–Crippen MR) is 95.7 cm³/mol. The maximum Gasteiger partial charge on any atom is 0.336 e. The summed E-state index contributed by atoms with van der Waals surface area (Å²) in [7, 11) is 0. The number of halogens is 1. The Morgan fingerprint density at radius 2 is 1.88 bits per heavy atom. The molecular formula is C19H19ClO4. The molecule has 4 nitrogen and oxygen atoms in total. The molecule has 0 saturated heterocycles. The van der Waals surface area contributed by atoms with E-state index in [1.54, 1.807) is 48.5 Å². The van der Waals surface area contributed by atoms with Gasteiger partial charge in [-0.05, 0) is 55.3 Å². The first kappa shape index (κ1) is 17.9. The Morgan fingerprint density at radius 3 is 2.50 bits per heavy atom. The van der Waals surface area contributed by atoms with Crippen molar-refractivity contribution in [3.63, 3.8) is 0 Å². The summed E-state index contributed by atoms with van der Waals surface area (Å²) in [6, 6.07) is 12.2. The molecule has 0 heterocycles. The predicted octanol–water partition coefficient (Wildman–Crippen LogP) is 4.76. The number of carboxylic acids is 1. The van der Waals surface area contributed by atoms with Crippen molar-refractivity contribution in [3.05, 3.63) is 58.6 Å². The summed E-state index contributed by atoms with van der Waals surface area (Å²) >= 11 is 6.16. The van der Waals surface area contributed by atoms with E-state index in [1.807, 2.05) is 13.8 Å². The van der Waals surface area contributed by atoms with Crippen LogP contribution < -0.4 is 9.47 Å². The third-order valence-electron chi connectivity index (χ3n) is 3.25. The van der Waals surface area contributed by atoms with Gasteiger partial charge in [-0.3, -0.25) is 0 Å². The average Bonchev–Trinajstić information content (AvgIpc) is 2.55. The van der Waals surface area contributed by atoms with E-state index in [1.165, 1.54) is 0 Å². The van der Waals surface area contributed by atoms with Crippen molar-refractivity contribution in [3.8, 4) is 11.5 Å². The largest absolute Gasteiger partial charge is 0.494 e. The second kappa shape index (κ2) is 8.41. The topological polar surface area (TPSA) is 55.8 Å².